The molecule has 1 aliphatic rings. The van der Waals surface area contributed by atoms with Gasteiger partial charge in [-0.05, 0) is 43.5 Å². The normalized spacial score (nSPS) is 19.6. The van der Waals surface area contributed by atoms with Gasteiger partial charge in [-0.3, -0.25) is 14.5 Å². The Kier molecular flexibility index (Phi) is 6.61. The molecule has 2 rings (SSSR count). The Morgan fingerprint density at radius 1 is 1.25 bits per heavy atom. The Balaban J connectivity index is 1.67. The fourth-order valence-corrected chi connectivity index (χ4v) is 2.92. The maximum Gasteiger partial charge on any atom is 0.317 e. The molecule has 1 aromatic rings. The molecule has 6 heteroatoms. The highest BCUT2D eigenvalue weighted by molar-refractivity contribution is 5.78. The third-order valence-electron chi connectivity index (χ3n) is 4.44. The second-order valence-electron chi connectivity index (χ2n) is 6.13. The van der Waals surface area contributed by atoms with E-state index in [-0.39, 0.29) is 31.1 Å². The van der Waals surface area contributed by atoms with Gasteiger partial charge >= 0.3 is 5.97 Å². The van der Waals surface area contributed by atoms with Crippen molar-refractivity contribution >= 4 is 11.9 Å². The summed E-state index contributed by atoms with van der Waals surface area (Å²) >= 11 is 0. The summed E-state index contributed by atoms with van der Waals surface area (Å²) in [4.78, 5) is 24.7. The predicted octanol–water partition coefficient (Wildman–Crippen LogP) is 1.68. The summed E-state index contributed by atoms with van der Waals surface area (Å²) in [7, 11) is 0. The van der Waals surface area contributed by atoms with Crippen LogP contribution in [0.4, 0.5) is 0 Å². The van der Waals surface area contributed by atoms with Gasteiger partial charge in [0.05, 0.1) is 6.54 Å². The maximum absolute atomic E-state index is 11.9. The summed E-state index contributed by atoms with van der Waals surface area (Å²) in [6.45, 7) is 4.80. The number of rotatable bonds is 9. The van der Waals surface area contributed by atoms with Crippen molar-refractivity contribution in [3.63, 3.8) is 0 Å². The number of carboxylic acids is 1. The second-order valence-corrected chi connectivity index (χ2v) is 6.13. The lowest BCUT2D eigenvalue weighted by Crippen LogP contribution is -2.55. The number of hydrogen-bond acceptors (Lipinski definition) is 4. The van der Waals surface area contributed by atoms with Crippen LogP contribution in [0.1, 0.15) is 32.3 Å². The van der Waals surface area contributed by atoms with E-state index in [1.807, 2.05) is 36.1 Å². The molecule has 0 bridgehead atoms. The van der Waals surface area contributed by atoms with Gasteiger partial charge in [0.15, 0.2) is 6.61 Å². The van der Waals surface area contributed by atoms with Gasteiger partial charge < -0.3 is 15.2 Å². The lowest BCUT2D eigenvalue weighted by Gasteiger charge is -2.42. The molecule has 0 heterocycles. The Bertz CT molecular complexity index is 553. The Morgan fingerprint density at radius 3 is 2.46 bits per heavy atom. The molecule has 132 valence electrons. The van der Waals surface area contributed by atoms with Crippen LogP contribution in [0, 0.1) is 0 Å². The van der Waals surface area contributed by atoms with Gasteiger partial charge in [0.1, 0.15) is 5.75 Å². The van der Waals surface area contributed by atoms with Crippen molar-refractivity contribution in [3.05, 3.63) is 29.8 Å². The number of nitrogens with one attached hydrogen (secondary N) is 1. The molecular formula is C18H26N2O4. The predicted molar refractivity (Wildman–Crippen MR) is 91.2 cm³/mol. The van der Waals surface area contributed by atoms with Crippen LogP contribution in [0.3, 0.4) is 0 Å². The number of carbonyl (C=O) groups excluding carboxylic acids is 1. The molecule has 1 aliphatic carbocycles. The van der Waals surface area contributed by atoms with E-state index in [0.717, 1.165) is 19.3 Å². The number of likely N-dealkylation sites (N-methyl/N-ethyl adjacent to an activating group) is 1. The molecule has 0 unspecified atom stereocenters. The largest absolute Gasteiger partial charge is 0.484 e. The highest BCUT2D eigenvalue weighted by Crippen LogP contribution is 2.25. The van der Waals surface area contributed by atoms with Crippen molar-refractivity contribution in [2.24, 2.45) is 0 Å². The highest BCUT2D eigenvalue weighted by atomic mass is 16.5. The van der Waals surface area contributed by atoms with Gasteiger partial charge in [-0.1, -0.05) is 26.0 Å². The van der Waals surface area contributed by atoms with Crippen molar-refractivity contribution in [3.8, 4) is 5.75 Å². The van der Waals surface area contributed by atoms with Gasteiger partial charge in [0, 0.05) is 12.1 Å². The zero-order chi connectivity index (χ0) is 17.5. The van der Waals surface area contributed by atoms with Gasteiger partial charge in [-0.25, -0.2) is 0 Å². The third kappa shape index (κ3) is 5.23. The van der Waals surface area contributed by atoms with E-state index in [4.69, 9.17) is 9.84 Å². The topological polar surface area (TPSA) is 78.9 Å². The number of hydrogen-bond donors (Lipinski definition) is 2. The molecule has 1 saturated carbocycles. The van der Waals surface area contributed by atoms with Crippen LogP contribution in [0.2, 0.25) is 0 Å². The van der Waals surface area contributed by atoms with E-state index in [0.29, 0.717) is 12.3 Å². The van der Waals surface area contributed by atoms with Crippen molar-refractivity contribution in [1.82, 2.24) is 10.2 Å². The molecule has 1 aromatic carbocycles. The molecule has 1 amide bonds. The Labute approximate surface area is 142 Å². The number of ether oxygens (including phenoxy) is 1. The molecule has 24 heavy (non-hydrogen) atoms. The zero-order valence-corrected chi connectivity index (χ0v) is 14.3. The van der Waals surface area contributed by atoms with Crippen LogP contribution in [-0.2, 0) is 16.0 Å². The van der Waals surface area contributed by atoms with Crippen molar-refractivity contribution in [1.29, 1.82) is 0 Å². The molecule has 0 saturated heterocycles. The number of nitrogens with zero attached hydrogens (tertiary/aromatic N) is 1. The number of carbonyl (C=O) groups is 2. The monoisotopic (exact) mass is 334 g/mol. The quantitative estimate of drug-likeness (QED) is 0.718. The molecule has 2 N–H and O–H groups in total. The molecular weight excluding hydrogens is 308 g/mol. The van der Waals surface area contributed by atoms with Crippen molar-refractivity contribution < 1.29 is 19.4 Å². The van der Waals surface area contributed by atoms with E-state index >= 15 is 0 Å². The summed E-state index contributed by atoms with van der Waals surface area (Å²) in [6.07, 6.45) is 2.55. The van der Waals surface area contributed by atoms with E-state index in [9.17, 15) is 9.59 Å². The average Bonchev–Trinajstić information content (AvgIpc) is 2.54. The van der Waals surface area contributed by atoms with Crippen LogP contribution < -0.4 is 10.1 Å². The summed E-state index contributed by atoms with van der Waals surface area (Å²) in [5.41, 5.74) is 1.23. The van der Waals surface area contributed by atoms with E-state index in [1.165, 1.54) is 5.56 Å². The fourth-order valence-electron chi connectivity index (χ4n) is 2.92. The Hall–Kier alpha value is -2.08. The van der Waals surface area contributed by atoms with Crippen molar-refractivity contribution in [2.75, 3.05) is 19.7 Å². The number of amides is 1. The smallest absolute Gasteiger partial charge is 0.317 e. The number of aryl methyl sites for hydroxylation is 1. The van der Waals surface area contributed by atoms with Crippen LogP contribution in [0.15, 0.2) is 24.3 Å². The zero-order valence-electron chi connectivity index (χ0n) is 14.3. The summed E-state index contributed by atoms with van der Waals surface area (Å²) < 4.78 is 5.48. The third-order valence-corrected chi connectivity index (χ3v) is 4.44. The van der Waals surface area contributed by atoms with Gasteiger partial charge in [-0.15, -0.1) is 0 Å². The minimum atomic E-state index is -0.813. The molecule has 0 spiro atoms. The number of aliphatic carboxylic acids is 1. The van der Waals surface area contributed by atoms with E-state index < -0.39 is 5.97 Å². The molecule has 6 nitrogen and oxygen atoms in total. The first kappa shape index (κ1) is 18.3. The van der Waals surface area contributed by atoms with E-state index in [2.05, 4.69) is 12.2 Å². The van der Waals surface area contributed by atoms with Gasteiger partial charge in [0.25, 0.3) is 5.91 Å². The fraction of sp³-hybridized carbons (Fsp3) is 0.556. The van der Waals surface area contributed by atoms with Crippen LogP contribution in [0.25, 0.3) is 0 Å². The van der Waals surface area contributed by atoms with Gasteiger partial charge in [-0.2, -0.15) is 0 Å². The summed E-state index contributed by atoms with van der Waals surface area (Å²) in [6, 6.07) is 8.07. The lowest BCUT2D eigenvalue weighted by molar-refractivity contribution is -0.139. The first-order valence-corrected chi connectivity index (χ1v) is 8.48. The van der Waals surface area contributed by atoms with Crippen LogP contribution >= 0.6 is 0 Å². The van der Waals surface area contributed by atoms with Crippen molar-refractivity contribution in [2.45, 2.75) is 45.2 Å². The minimum absolute atomic E-state index is 0.000738. The number of benzene rings is 1. The van der Waals surface area contributed by atoms with Crippen LogP contribution in [0.5, 0.6) is 5.75 Å². The number of carboxylic acid groups (broad SMARTS) is 1. The lowest BCUT2D eigenvalue weighted by atomic mass is 9.85. The SMILES string of the molecule is CCc1ccc(OCC(=O)NC2CC(N(CC)CC(=O)O)C2)cc1. The first-order valence-electron chi connectivity index (χ1n) is 8.48. The average molecular weight is 334 g/mol. The standard InChI is InChI=1S/C18H26N2O4/c1-3-13-5-7-16(8-6-13)24-12-17(21)19-14-9-15(10-14)20(4-2)11-18(22)23/h5-8,14-15H,3-4,9-12H2,1-2H3,(H,19,21)(H,22,23). The molecule has 0 atom stereocenters. The highest BCUT2D eigenvalue weighted by Gasteiger charge is 2.34. The minimum Gasteiger partial charge on any atom is -0.484 e. The second kappa shape index (κ2) is 8.68. The van der Waals surface area contributed by atoms with Gasteiger partial charge in [0.2, 0.25) is 0 Å². The first-order chi connectivity index (χ1) is 11.5. The maximum atomic E-state index is 11.9. The Morgan fingerprint density at radius 2 is 1.92 bits per heavy atom. The van der Waals surface area contributed by atoms with Crippen LogP contribution in [-0.4, -0.2) is 53.7 Å². The molecule has 1 fully saturated rings. The summed E-state index contributed by atoms with van der Waals surface area (Å²) in [5, 5.41) is 11.8. The molecule has 0 aliphatic heterocycles. The van der Waals surface area contributed by atoms with E-state index in [1.54, 1.807) is 0 Å². The molecule has 0 radical (unpaired) electrons. The molecule has 0 aromatic heterocycles. The summed E-state index contributed by atoms with van der Waals surface area (Å²) in [5.74, 6) is -0.265.